The van der Waals surface area contributed by atoms with Gasteiger partial charge in [0.1, 0.15) is 0 Å². The maximum Gasteiger partial charge on any atom is 0.250 e. The van der Waals surface area contributed by atoms with E-state index in [4.69, 9.17) is 23.8 Å². The van der Waals surface area contributed by atoms with Gasteiger partial charge in [-0.05, 0) is 72.3 Å². The van der Waals surface area contributed by atoms with Crippen molar-refractivity contribution in [3.05, 3.63) is 64.7 Å². The molecule has 0 bridgehead atoms. The van der Waals surface area contributed by atoms with Gasteiger partial charge in [-0.3, -0.25) is 10.1 Å². The highest BCUT2D eigenvalue weighted by molar-refractivity contribution is 7.80. The van der Waals surface area contributed by atoms with Crippen molar-refractivity contribution in [2.45, 2.75) is 39.5 Å². The average molecular weight is 456 g/mol. The molecule has 1 saturated heterocycles. The van der Waals surface area contributed by atoms with E-state index in [0.29, 0.717) is 10.9 Å². The number of carbonyl (C=O) groups is 1. The van der Waals surface area contributed by atoms with Crippen LogP contribution in [-0.2, 0) is 4.79 Å². The number of carbonyl (C=O) groups excluding carboxylic acids is 1. The van der Waals surface area contributed by atoms with Crippen molar-refractivity contribution in [3.63, 3.8) is 0 Å². The molecular weight excluding hydrogens is 426 g/mol. The molecule has 0 saturated carbocycles. The van der Waals surface area contributed by atoms with Crippen LogP contribution in [0.3, 0.4) is 0 Å². The first kappa shape index (κ1) is 23.3. The van der Waals surface area contributed by atoms with Gasteiger partial charge in [0, 0.05) is 24.9 Å². The molecule has 1 heterocycles. The first-order chi connectivity index (χ1) is 14.8. The summed E-state index contributed by atoms with van der Waals surface area (Å²) in [6.07, 6.45) is 5.61. The van der Waals surface area contributed by atoms with Crippen molar-refractivity contribution >= 4 is 52.3 Å². The quantitative estimate of drug-likeness (QED) is 0.414. The van der Waals surface area contributed by atoms with Crippen molar-refractivity contribution in [1.29, 1.82) is 0 Å². The Hall–Kier alpha value is -2.37. The number of thiocarbonyl (C=S) groups is 1. The lowest BCUT2D eigenvalue weighted by Gasteiger charge is -2.32. The number of rotatable bonds is 5. The van der Waals surface area contributed by atoms with E-state index in [9.17, 15) is 4.79 Å². The summed E-state index contributed by atoms with van der Waals surface area (Å²) in [4.78, 5) is 14.5. The summed E-state index contributed by atoms with van der Waals surface area (Å²) in [5.74, 6) is 0.969. The van der Waals surface area contributed by atoms with Crippen LogP contribution in [-0.4, -0.2) is 24.1 Å². The number of nitrogens with one attached hydrogen (secondary N) is 2. The minimum Gasteiger partial charge on any atom is -0.370 e. The second-order valence-electron chi connectivity index (χ2n) is 8.43. The molecule has 2 aromatic carbocycles. The molecule has 0 spiro atoms. The van der Waals surface area contributed by atoms with E-state index in [1.807, 2.05) is 30.3 Å². The number of piperidine rings is 1. The molecule has 2 N–H and O–H groups in total. The van der Waals surface area contributed by atoms with Gasteiger partial charge in [0.25, 0.3) is 0 Å². The lowest BCUT2D eigenvalue weighted by atomic mass is 9.99. The van der Waals surface area contributed by atoms with Crippen molar-refractivity contribution in [2.75, 3.05) is 23.3 Å². The Kier molecular flexibility index (Phi) is 8.10. The minimum absolute atomic E-state index is 0.236. The molecule has 2 aromatic rings. The largest absolute Gasteiger partial charge is 0.370 e. The zero-order valence-electron chi connectivity index (χ0n) is 18.3. The maximum atomic E-state index is 12.2. The van der Waals surface area contributed by atoms with E-state index in [1.165, 1.54) is 24.5 Å². The average Bonchev–Trinajstić information content (AvgIpc) is 2.73. The van der Waals surface area contributed by atoms with Gasteiger partial charge >= 0.3 is 0 Å². The Morgan fingerprint density at radius 3 is 2.45 bits per heavy atom. The zero-order chi connectivity index (χ0) is 22.4. The molecule has 1 aliphatic rings. The minimum atomic E-state index is -0.282. The van der Waals surface area contributed by atoms with Crippen LogP contribution in [0.2, 0.25) is 5.02 Å². The summed E-state index contributed by atoms with van der Waals surface area (Å²) in [7, 11) is 0. The van der Waals surface area contributed by atoms with Gasteiger partial charge in [-0.1, -0.05) is 56.6 Å². The summed E-state index contributed by atoms with van der Waals surface area (Å²) >= 11 is 11.8. The summed E-state index contributed by atoms with van der Waals surface area (Å²) in [5.41, 5.74) is 4.03. The maximum absolute atomic E-state index is 12.2. The van der Waals surface area contributed by atoms with Gasteiger partial charge < -0.3 is 10.2 Å². The molecule has 0 radical (unpaired) electrons. The van der Waals surface area contributed by atoms with Crippen molar-refractivity contribution < 1.29 is 4.79 Å². The SMILES string of the molecule is CC1CCN(c2ccc(NC(=S)NC(=O)/C=C/c3ccc(C(C)C)cc3)cc2Cl)CC1. The number of hydrogen-bond donors (Lipinski definition) is 2. The van der Waals surface area contributed by atoms with Gasteiger partial charge in [0.2, 0.25) is 5.91 Å². The fourth-order valence-corrected chi connectivity index (χ4v) is 4.09. The number of hydrogen-bond acceptors (Lipinski definition) is 3. The highest BCUT2D eigenvalue weighted by atomic mass is 35.5. The smallest absolute Gasteiger partial charge is 0.250 e. The van der Waals surface area contributed by atoms with Crippen molar-refractivity contribution in [2.24, 2.45) is 5.92 Å². The summed E-state index contributed by atoms with van der Waals surface area (Å²) in [6, 6.07) is 13.9. The summed E-state index contributed by atoms with van der Waals surface area (Å²) < 4.78 is 0. The molecule has 1 amide bonds. The number of anilines is 2. The summed E-state index contributed by atoms with van der Waals surface area (Å²) in [5, 5.41) is 6.62. The van der Waals surface area contributed by atoms with Crippen LogP contribution in [0.4, 0.5) is 11.4 Å². The normalized spacial score (nSPS) is 14.8. The molecular formula is C25H30ClN3OS. The molecule has 31 heavy (non-hydrogen) atoms. The van der Waals surface area contributed by atoms with Crippen LogP contribution in [0.15, 0.2) is 48.5 Å². The predicted octanol–water partition coefficient (Wildman–Crippen LogP) is 6.23. The lowest BCUT2D eigenvalue weighted by Crippen LogP contribution is -2.33. The number of nitrogens with zero attached hydrogens (tertiary/aromatic N) is 1. The van der Waals surface area contributed by atoms with Gasteiger partial charge in [0.05, 0.1) is 10.7 Å². The first-order valence-corrected chi connectivity index (χ1v) is 11.5. The molecule has 0 aliphatic carbocycles. The molecule has 1 aliphatic heterocycles. The van der Waals surface area contributed by atoms with Crippen LogP contribution in [0.25, 0.3) is 6.08 Å². The summed E-state index contributed by atoms with van der Waals surface area (Å²) in [6.45, 7) is 8.64. The van der Waals surface area contributed by atoms with Crippen LogP contribution in [0.5, 0.6) is 0 Å². The Balaban J connectivity index is 1.52. The zero-order valence-corrected chi connectivity index (χ0v) is 19.9. The standard InChI is InChI=1S/C25H30ClN3OS/c1-17(2)20-7-4-19(5-8-20)6-11-24(30)28-25(31)27-21-9-10-23(22(26)16-21)29-14-12-18(3)13-15-29/h4-11,16-18H,12-15H2,1-3H3,(H2,27,28,30,31)/b11-6+. The molecule has 6 heteroatoms. The van der Waals surface area contributed by atoms with E-state index in [-0.39, 0.29) is 11.0 Å². The molecule has 4 nitrogen and oxygen atoms in total. The van der Waals surface area contributed by atoms with Gasteiger partial charge in [-0.15, -0.1) is 0 Å². The van der Waals surface area contributed by atoms with E-state index in [0.717, 1.165) is 35.9 Å². The second kappa shape index (κ2) is 10.8. The number of benzene rings is 2. The second-order valence-corrected chi connectivity index (χ2v) is 9.25. The highest BCUT2D eigenvalue weighted by Crippen LogP contribution is 2.31. The van der Waals surface area contributed by atoms with Gasteiger partial charge in [0.15, 0.2) is 5.11 Å². The van der Waals surface area contributed by atoms with Crippen molar-refractivity contribution in [3.8, 4) is 0 Å². The van der Waals surface area contributed by atoms with E-state index in [1.54, 1.807) is 6.08 Å². The molecule has 164 valence electrons. The van der Waals surface area contributed by atoms with Crippen molar-refractivity contribution in [1.82, 2.24) is 5.32 Å². The monoisotopic (exact) mass is 455 g/mol. The van der Waals surface area contributed by atoms with Gasteiger partial charge in [-0.2, -0.15) is 0 Å². The molecule has 0 unspecified atom stereocenters. The fourth-order valence-electron chi connectivity index (χ4n) is 3.57. The topological polar surface area (TPSA) is 44.4 Å². The fraction of sp³-hybridized carbons (Fsp3) is 0.360. The Bertz CT molecular complexity index is 948. The number of halogens is 1. The third-order valence-corrected chi connectivity index (χ3v) is 6.10. The predicted molar refractivity (Wildman–Crippen MR) is 136 cm³/mol. The van der Waals surface area contributed by atoms with Crippen LogP contribution in [0, 0.1) is 5.92 Å². The third kappa shape index (κ3) is 6.81. The third-order valence-electron chi connectivity index (χ3n) is 5.60. The van der Waals surface area contributed by atoms with Gasteiger partial charge in [-0.25, -0.2) is 0 Å². The molecule has 3 rings (SSSR count). The first-order valence-electron chi connectivity index (χ1n) is 10.8. The number of amides is 1. The Labute approximate surface area is 195 Å². The molecule has 0 aromatic heterocycles. The Morgan fingerprint density at radius 1 is 1.16 bits per heavy atom. The Morgan fingerprint density at radius 2 is 1.84 bits per heavy atom. The molecule has 1 fully saturated rings. The lowest BCUT2D eigenvalue weighted by molar-refractivity contribution is -0.115. The van der Waals surface area contributed by atoms with E-state index in [2.05, 4.69) is 48.4 Å². The highest BCUT2D eigenvalue weighted by Gasteiger charge is 2.18. The van der Waals surface area contributed by atoms with Crippen LogP contribution >= 0.6 is 23.8 Å². The molecule has 0 atom stereocenters. The van der Waals surface area contributed by atoms with E-state index >= 15 is 0 Å². The van der Waals surface area contributed by atoms with E-state index < -0.39 is 0 Å². The van der Waals surface area contributed by atoms with Crippen LogP contribution < -0.4 is 15.5 Å². The van der Waals surface area contributed by atoms with Crippen LogP contribution in [0.1, 0.15) is 50.7 Å².